The van der Waals surface area contributed by atoms with E-state index in [9.17, 15) is 23.2 Å². The van der Waals surface area contributed by atoms with Gasteiger partial charge in [-0.3, -0.25) is 4.79 Å². The lowest BCUT2D eigenvalue weighted by Gasteiger charge is -2.13. The summed E-state index contributed by atoms with van der Waals surface area (Å²) >= 11 is 0. The van der Waals surface area contributed by atoms with Crippen LogP contribution in [0.15, 0.2) is 53.7 Å². The van der Waals surface area contributed by atoms with Crippen LogP contribution in [0.2, 0.25) is 0 Å². The molecule has 0 bridgehead atoms. The van der Waals surface area contributed by atoms with Gasteiger partial charge in [0, 0.05) is 17.8 Å². The Morgan fingerprint density at radius 3 is 2.24 bits per heavy atom. The smallest absolute Gasteiger partial charge is 0.339 e. The lowest BCUT2D eigenvalue weighted by molar-refractivity contribution is -0.605. The van der Waals surface area contributed by atoms with Gasteiger partial charge < -0.3 is 15.3 Å². The van der Waals surface area contributed by atoms with Crippen molar-refractivity contribution in [2.45, 2.75) is 17.9 Å². The summed E-state index contributed by atoms with van der Waals surface area (Å²) in [7, 11) is -3.82. The number of nitrogens with one attached hydrogen (secondary N) is 1. The van der Waals surface area contributed by atoms with Gasteiger partial charge in [-0.25, -0.2) is 18.4 Å². The summed E-state index contributed by atoms with van der Waals surface area (Å²) in [6.07, 6.45) is 1.16. The second-order valence-electron chi connectivity index (χ2n) is 5.05. The topological polar surface area (TPSA) is 142 Å². The highest BCUT2D eigenvalue weighted by molar-refractivity contribution is 7.89. The largest absolute Gasteiger partial charge is 0.619 e. The van der Waals surface area contributed by atoms with E-state index in [1.54, 1.807) is 0 Å². The molecule has 9 nitrogen and oxygen atoms in total. The number of carbonyl (C=O) groups is 2. The van der Waals surface area contributed by atoms with Crippen molar-refractivity contribution in [2.24, 2.45) is 5.14 Å². The van der Waals surface area contributed by atoms with Crippen molar-refractivity contribution in [3.05, 3.63) is 59.6 Å². The molecule has 10 heteroatoms. The Bertz CT molecular complexity index is 878. The normalized spacial score (nSPS) is 12.2. The molecular formula is C15H15N3O6S. The first kappa shape index (κ1) is 18.4. The van der Waals surface area contributed by atoms with Gasteiger partial charge in [0.05, 0.1) is 10.5 Å². The van der Waals surface area contributed by atoms with Gasteiger partial charge in [-0.15, -0.1) is 0 Å². The van der Waals surface area contributed by atoms with Gasteiger partial charge >= 0.3 is 5.97 Å². The predicted octanol–water partition coefficient (Wildman–Crippen LogP) is 0.151. The number of nitrogens with two attached hydrogens (primary N) is 1. The number of anilines is 1. The van der Waals surface area contributed by atoms with E-state index >= 15 is 0 Å². The molecule has 1 aromatic carbocycles. The van der Waals surface area contributed by atoms with Crippen molar-refractivity contribution in [1.29, 1.82) is 0 Å². The zero-order chi connectivity index (χ0) is 18.6. The summed E-state index contributed by atoms with van der Waals surface area (Å²) in [6.45, 7) is 1.38. The summed E-state index contributed by atoms with van der Waals surface area (Å²) in [5.41, 5.74) is 0.441. The zero-order valence-electron chi connectivity index (χ0n) is 13.1. The Labute approximate surface area is 143 Å². The number of hydrogen-bond acceptors (Lipinski definition) is 6. The Morgan fingerprint density at radius 1 is 1.16 bits per heavy atom. The molecule has 0 radical (unpaired) electrons. The van der Waals surface area contributed by atoms with Crippen molar-refractivity contribution in [3.63, 3.8) is 0 Å². The summed E-state index contributed by atoms with van der Waals surface area (Å²) in [4.78, 5) is 23.8. The van der Waals surface area contributed by atoms with Crippen molar-refractivity contribution < 1.29 is 27.5 Å². The van der Waals surface area contributed by atoms with E-state index < -0.39 is 28.0 Å². The molecule has 0 unspecified atom stereocenters. The first-order valence-corrected chi connectivity index (χ1v) is 8.55. The lowest BCUT2D eigenvalue weighted by Crippen LogP contribution is -2.30. The number of benzene rings is 1. The fourth-order valence-electron chi connectivity index (χ4n) is 1.80. The van der Waals surface area contributed by atoms with Crippen molar-refractivity contribution in [1.82, 2.24) is 0 Å². The number of carbonyl (C=O) groups excluding carboxylic acids is 2. The average molecular weight is 365 g/mol. The second kappa shape index (κ2) is 7.28. The molecule has 2 rings (SSSR count). The van der Waals surface area contributed by atoms with Crippen LogP contribution in [0.4, 0.5) is 5.69 Å². The average Bonchev–Trinajstić information content (AvgIpc) is 2.55. The molecule has 0 fully saturated rings. The van der Waals surface area contributed by atoms with Gasteiger partial charge in [-0.05, 0) is 31.2 Å². The molecule has 0 spiro atoms. The van der Waals surface area contributed by atoms with E-state index in [1.165, 1.54) is 43.3 Å². The lowest BCUT2D eigenvalue weighted by atomic mass is 10.2. The maximum absolute atomic E-state index is 12.0. The number of nitrogens with zero attached hydrogens (tertiary/aromatic N) is 1. The molecule has 132 valence electrons. The first-order valence-electron chi connectivity index (χ1n) is 7.00. The number of pyridine rings is 1. The van der Waals surface area contributed by atoms with Crippen LogP contribution >= 0.6 is 0 Å². The van der Waals surface area contributed by atoms with E-state index in [0.29, 0.717) is 10.4 Å². The number of ether oxygens (including phenoxy) is 1. The summed E-state index contributed by atoms with van der Waals surface area (Å²) in [5, 5.41) is 18.4. The van der Waals surface area contributed by atoms with Gasteiger partial charge in [-0.2, -0.15) is 4.73 Å². The van der Waals surface area contributed by atoms with Gasteiger partial charge in [0.25, 0.3) is 5.91 Å². The third kappa shape index (κ3) is 4.99. The number of primary sulfonamides is 1. The minimum Gasteiger partial charge on any atom is -0.619 e. The Hall–Kier alpha value is -2.98. The maximum Gasteiger partial charge on any atom is 0.339 e. The third-order valence-corrected chi connectivity index (χ3v) is 4.07. The Kier molecular flexibility index (Phi) is 5.35. The first-order chi connectivity index (χ1) is 11.7. The minimum absolute atomic E-state index is 0.0929. The fourth-order valence-corrected chi connectivity index (χ4v) is 2.32. The molecule has 3 N–H and O–H groups in total. The van der Waals surface area contributed by atoms with Crippen LogP contribution in [-0.2, 0) is 19.6 Å². The number of rotatable bonds is 5. The molecule has 1 heterocycles. The van der Waals surface area contributed by atoms with Crippen molar-refractivity contribution >= 4 is 27.6 Å². The van der Waals surface area contributed by atoms with Crippen LogP contribution in [0.25, 0.3) is 0 Å². The highest BCUT2D eigenvalue weighted by Gasteiger charge is 2.19. The summed E-state index contributed by atoms with van der Waals surface area (Å²) in [6, 6.07) is 7.73. The number of hydrogen-bond donors (Lipinski definition) is 2. The van der Waals surface area contributed by atoms with Crippen LogP contribution in [0.5, 0.6) is 0 Å². The standard InChI is InChI=1S/C15H15N3O6S/c1-10(24-15(20)11-6-8-18(21)9-7-11)14(19)17-12-2-4-13(5-3-12)25(16,22)23/h2-10H,1H3,(H,17,19)(H2,16,22,23)/t10-/m1/s1. The number of amides is 1. The van der Waals surface area contributed by atoms with Gasteiger partial charge in [0.1, 0.15) is 0 Å². The van der Waals surface area contributed by atoms with Gasteiger partial charge in [-0.1, -0.05) is 0 Å². The SMILES string of the molecule is C[C@@H](OC(=O)c1cc[n+]([O-])cc1)C(=O)Nc1ccc(S(N)(=O)=O)cc1. The van der Waals surface area contributed by atoms with Crippen LogP contribution < -0.4 is 15.2 Å². The molecule has 1 amide bonds. The molecule has 0 aliphatic heterocycles. The van der Waals surface area contributed by atoms with Crippen LogP contribution in [-0.4, -0.2) is 26.4 Å². The second-order valence-corrected chi connectivity index (χ2v) is 6.61. The Balaban J connectivity index is 1.98. The predicted molar refractivity (Wildman–Crippen MR) is 86.7 cm³/mol. The van der Waals surface area contributed by atoms with Crippen molar-refractivity contribution in [2.75, 3.05) is 5.32 Å². The monoisotopic (exact) mass is 365 g/mol. The fraction of sp³-hybridized carbons (Fsp3) is 0.133. The van der Waals surface area contributed by atoms with Crippen molar-refractivity contribution in [3.8, 4) is 0 Å². The highest BCUT2D eigenvalue weighted by Crippen LogP contribution is 2.13. The minimum atomic E-state index is -3.82. The molecule has 1 aromatic heterocycles. The third-order valence-electron chi connectivity index (χ3n) is 3.14. The molecule has 1 atom stereocenters. The van der Waals surface area contributed by atoms with E-state index in [2.05, 4.69) is 5.32 Å². The van der Waals surface area contributed by atoms with Gasteiger partial charge in [0.2, 0.25) is 10.0 Å². The Morgan fingerprint density at radius 2 is 1.72 bits per heavy atom. The molecular weight excluding hydrogens is 350 g/mol. The molecule has 0 aliphatic carbocycles. The molecule has 0 saturated heterocycles. The zero-order valence-corrected chi connectivity index (χ0v) is 13.9. The number of aromatic nitrogens is 1. The maximum atomic E-state index is 12.0. The molecule has 2 aromatic rings. The van der Waals surface area contributed by atoms with Crippen LogP contribution in [0.3, 0.4) is 0 Å². The molecule has 0 saturated carbocycles. The summed E-state index contributed by atoms with van der Waals surface area (Å²) in [5.74, 6) is -1.36. The summed E-state index contributed by atoms with van der Waals surface area (Å²) < 4.78 is 27.8. The quantitative estimate of drug-likeness (QED) is 0.439. The van der Waals surface area contributed by atoms with Crippen LogP contribution in [0.1, 0.15) is 17.3 Å². The number of esters is 1. The number of sulfonamides is 1. The molecule has 0 aliphatic rings. The highest BCUT2D eigenvalue weighted by atomic mass is 32.2. The van der Waals surface area contributed by atoms with E-state index in [0.717, 1.165) is 12.4 Å². The van der Waals surface area contributed by atoms with E-state index in [-0.39, 0.29) is 10.5 Å². The molecule has 25 heavy (non-hydrogen) atoms. The van der Waals surface area contributed by atoms with E-state index in [4.69, 9.17) is 9.88 Å². The van der Waals surface area contributed by atoms with E-state index in [1.807, 2.05) is 0 Å². The van der Waals surface area contributed by atoms with Crippen LogP contribution in [0, 0.1) is 5.21 Å². The van der Waals surface area contributed by atoms with Gasteiger partial charge in [0.15, 0.2) is 18.5 Å².